The monoisotopic (exact) mass is 420 g/mol. The molecule has 0 bridgehead atoms. The van der Waals surface area contributed by atoms with Crippen LogP contribution in [-0.4, -0.2) is 31.7 Å². The normalized spacial score (nSPS) is 24.8. The fourth-order valence-corrected chi connectivity index (χ4v) is 6.41. The number of hydrogen-bond acceptors (Lipinski definition) is 4. The molecule has 1 amide bonds. The Kier molecular flexibility index (Phi) is 6.99. The molecule has 2 unspecified atom stereocenters. The predicted molar refractivity (Wildman–Crippen MR) is 105 cm³/mol. The second kappa shape index (κ2) is 8.46. The molecule has 3 N–H and O–H groups in total. The van der Waals surface area contributed by atoms with Crippen LogP contribution in [0.4, 0.5) is 0 Å². The summed E-state index contributed by atoms with van der Waals surface area (Å²) in [5.74, 6) is -0.120. The minimum Gasteiger partial charge on any atom is -0.352 e. The number of benzene rings is 1. The number of nitrogens with two attached hydrogens (primary N) is 1. The molecule has 1 aromatic rings. The van der Waals surface area contributed by atoms with Gasteiger partial charge in [-0.1, -0.05) is 30.9 Å². The van der Waals surface area contributed by atoms with Crippen molar-refractivity contribution in [3.8, 4) is 0 Å². The smallest absolute Gasteiger partial charge is 0.242 e. The van der Waals surface area contributed by atoms with E-state index in [0.29, 0.717) is 24.4 Å². The Morgan fingerprint density at radius 2 is 1.77 bits per heavy atom. The topological polar surface area (TPSA) is 89.3 Å². The molecule has 0 spiro atoms. The van der Waals surface area contributed by atoms with Gasteiger partial charge in [0.2, 0.25) is 5.91 Å². The molecular formula is C18H26Cl2N2O3S. The molecule has 2 aliphatic rings. The molecule has 2 fully saturated rings. The summed E-state index contributed by atoms with van der Waals surface area (Å²) in [5, 5.41) is 3.50. The predicted octanol–water partition coefficient (Wildman–Crippen LogP) is 3.09. The first-order chi connectivity index (χ1) is 11.9. The zero-order valence-corrected chi connectivity index (χ0v) is 17.0. The molecule has 0 aromatic heterocycles. The maximum Gasteiger partial charge on any atom is 0.242 e. The number of carbonyl (C=O) groups is 1. The SMILES string of the molecule is Cl.NCC1CCCC1NC(=O)C1(S(=O)(=O)c2ccc(Cl)cc2)CCCC1. The van der Waals surface area contributed by atoms with Gasteiger partial charge in [-0.15, -0.1) is 12.4 Å². The molecule has 3 rings (SSSR count). The maximum atomic E-state index is 13.3. The lowest BCUT2D eigenvalue weighted by Gasteiger charge is -2.30. The van der Waals surface area contributed by atoms with Gasteiger partial charge in [0.1, 0.15) is 0 Å². The van der Waals surface area contributed by atoms with E-state index in [9.17, 15) is 13.2 Å². The maximum absolute atomic E-state index is 13.3. The molecule has 26 heavy (non-hydrogen) atoms. The van der Waals surface area contributed by atoms with Crippen LogP contribution >= 0.6 is 24.0 Å². The average Bonchev–Trinajstić information content (AvgIpc) is 3.25. The van der Waals surface area contributed by atoms with Crippen molar-refractivity contribution in [1.29, 1.82) is 0 Å². The quantitative estimate of drug-likeness (QED) is 0.765. The van der Waals surface area contributed by atoms with Crippen molar-refractivity contribution in [2.24, 2.45) is 11.7 Å². The van der Waals surface area contributed by atoms with Gasteiger partial charge in [0.05, 0.1) is 4.90 Å². The van der Waals surface area contributed by atoms with E-state index in [4.69, 9.17) is 17.3 Å². The number of amides is 1. The Hall–Kier alpha value is -0.820. The minimum atomic E-state index is -3.78. The molecule has 5 nitrogen and oxygen atoms in total. The van der Waals surface area contributed by atoms with Crippen molar-refractivity contribution in [3.05, 3.63) is 29.3 Å². The van der Waals surface area contributed by atoms with Crippen LogP contribution in [0.5, 0.6) is 0 Å². The molecule has 146 valence electrons. The van der Waals surface area contributed by atoms with Crippen molar-refractivity contribution in [1.82, 2.24) is 5.32 Å². The number of nitrogens with one attached hydrogen (secondary N) is 1. The van der Waals surface area contributed by atoms with E-state index >= 15 is 0 Å². The van der Waals surface area contributed by atoms with E-state index in [-0.39, 0.29) is 35.2 Å². The van der Waals surface area contributed by atoms with Gasteiger partial charge in [0.15, 0.2) is 14.6 Å². The lowest BCUT2D eigenvalue weighted by atomic mass is 10.0. The third-order valence-corrected chi connectivity index (χ3v) is 8.51. The number of halogens is 2. The van der Waals surface area contributed by atoms with Gasteiger partial charge in [0, 0.05) is 11.1 Å². The zero-order valence-electron chi connectivity index (χ0n) is 14.6. The summed E-state index contributed by atoms with van der Waals surface area (Å²) < 4.78 is 25.2. The van der Waals surface area contributed by atoms with E-state index in [1.807, 2.05) is 0 Å². The van der Waals surface area contributed by atoms with Crippen LogP contribution in [0.25, 0.3) is 0 Å². The van der Waals surface area contributed by atoms with Gasteiger partial charge in [0.25, 0.3) is 0 Å². The van der Waals surface area contributed by atoms with Crippen LogP contribution in [0.15, 0.2) is 29.2 Å². The molecule has 0 saturated heterocycles. The molecule has 0 heterocycles. The van der Waals surface area contributed by atoms with Gasteiger partial charge in [-0.2, -0.15) is 0 Å². The largest absolute Gasteiger partial charge is 0.352 e. The van der Waals surface area contributed by atoms with Crippen molar-refractivity contribution in [2.45, 2.75) is 60.6 Å². The number of carbonyl (C=O) groups excluding carboxylic acids is 1. The molecule has 0 radical (unpaired) electrons. The van der Waals surface area contributed by atoms with Crippen molar-refractivity contribution < 1.29 is 13.2 Å². The van der Waals surface area contributed by atoms with Crippen LogP contribution in [0.2, 0.25) is 5.02 Å². The Labute approximate surface area is 166 Å². The summed E-state index contributed by atoms with van der Waals surface area (Å²) in [7, 11) is -3.78. The summed E-state index contributed by atoms with van der Waals surface area (Å²) in [6.45, 7) is 0.516. The third kappa shape index (κ3) is 3.75. The van der Waals surface area contributed by atoms with Crippen LogP contribution in [0.1, 0.15) is 44.9 Å². The second-order valence-corrected chi connectivity index (χ2v) is 9.86. The van der Waals surface area contributed by atoms with Crippen LogP contribution in [-0.2, 0) is 14.6 Å². The van der Waals surface area contributed by atoms with Gasteiger partial charge >= 0.3 is 0 Å². The zero-order chi connectivity index (χ0) is 18.1. The summed E-state index contributed by atoms with van der Waals surface area (Å²) >= 11 is 5.88. The summed E-state index contributed by atoms with van der Waals surface area (Å²) in [5.41, 5.74) is 5.80. The molecular weight excluding hydrogens is 395 g/mol. The van der Waals surface area contributed by atoms with Crippen molar-refractivity contribution in [2.75, 3.05) is 6.54 Å². The summed E-state index contributed by atoms with van der Waals surface area (Å²) in [4.78, 5) is 13.3. The average molecular weight is 421 g/mol. The van der Waals surface area contributed by atoms with Crippen molar-refractivity contribution in [3.63, 3.8) is 0 Å². The lowest BCUT2D eigenvalue weighted by molar-refractivity contribution is -0.124. The van der Waals surface area contributed by atoms with Crippen LogP contribution < -0.4 is 11.1 Å². The fourth-order valence-electron chi connectivity index (χ4n) is 4.21. The van der Waals surface area contributed by atoms with E-state index in [1.165, 1.54) is 12.1 Å². The highest BCUT2D eigenvalue weighted by Gasteiger charge is 2.53. The molecule has 1 aromatic carbocycles. The Morgan fingerprint density at radius 3 is 2.35 bits per heavy atom. The van der Waals surface area contributed by atoms with E-state index in [1.54, 1.807) is 12.1 Å². The van der Waals surface area contributed by atoms with Gasteiger partial charge in [-0.3, -0.25) is 4.79 Å². The highest BCUT2D eigenvalue weighted by molar-refractivity contribution is 7.93. The van der Waals surface area contributed by atoms with E-state index in [0.717, 1.165) is 32.1 Å². The molecule has 0 aliphatic heterocycles. The van der Waals surface area contributed by atoms with Gasteiger partial charge in [-0.25, -0.2) is 8.42 Å². The Bertz CT molecular complexity index is 731. The first kappa shape index (κ1) is 21.5. The highest BCUT2D eigenvalue weighted by atomic mass is 35.5. The molecule has 2 aliphatic carbocycles. The first-order valence-electron chi connectivity index (χ1n) is 8.92. The van der Waals surface area contributed by atoms with E-state index < -0.39 is 14.6 Å². The van der Waals surface area contributed by atoms with Crippen LogP contribution in [0, 0.1) is 5.92 Å². The van der Waals surface area contributed by atoms with Gasteiger partial charge < -0.3 is 11.1 Å². The Morgan fingerprint density at radius 1 is 1.15 bits per heavy atom. The standard InChI is InChI=1S/C18H25ClN2O3S.ClH/c19-14-6-8-15(9-7-14)25(23,24)18(10-1-2-11-18)17(22)21-16-5-3-4-13(16)12-20;/h6-9,13,16H,1-5,10-12,20H2,(H,21,22);1H. The highest BCUT2D eigenvalue weighted by Crippen LogP contribution is 2.41. The number of sulfone groups is 1. The number of rotatable bonds is 5. The fraction of sp³-hybridized carbons (Fsp3) is 0.611. The lowest BCUT2D eigenvalue weighted by Crippen LogP contribution is -2.54. The second-order valence-electron chi connectivity index (χ2n) is 7.17. The van der Waals surface area contributed by atoms with E-state index in [2.05, 4.69) is 5.32 Å². The van der Waals surface area contributed by atoms with Gasteiger partial charge in [-0.05, 0) is 62.4 Å². The molecule has 2 atom stereocenters. The first-order valence-corrected chi connectivity index (χ1v) is 10.8. The summed E-state index contributed by atoms with van der Waals surface area (Å²) in [6, 6.07) is 6.06. The molecule has 8 heteroatoms. The number of hydrogen-bond donors (Lipinski definition) is 2. The third-order valence-electron chi connectivity index (χ3n) is 5.74. The van der Waals surface area contributed by atoms with Crippen LogP contribution in [0.3, 0.4) is 0 Å². The Balaban J connectivity index is 0.00000243. The minimum absolute atomic E-state index is 0. The molecule has 2 saturated carbocycles. The van der Waals surface area contributed by atoms with Crippen molar-refractivity contribution >= 4 is 39.8 Å². The summed E-state index contributed by atoms with van der Waals surface area (Å²) in [6.07, 6.45) is 5.08.